The third-order valence-electron chi connectivity index (χ3n) is 5.40. The molecule has 0 radical (unpaired) electrons. The Labute approximate surface area is 163 Å². The summed E-state index contributed by atoms with van der Waals surface area (Å²) in [7, 11) is 0. The molecule has 0 saturated carbocycles. The van der Waals surface area contributed by atoms with E-state index in [0.717, 1.165) is 37.3 Å². The van der Waals surface area contributed by atoms with Crippen LogP contribution in [0.4, 0.5) is 20.4 Å². The average Bonchev–Trinajstić information content (AvgIpc) is 3.35. The maximum atomic E-state index is 13.1. The standard InChI is InChI=1S/C18H18F2N6OS/c19-16(20)13-8-28-9-14(13)23-17(27)15-4-3-12-6-22-18(24-26(12)15)25-7-10-1-2-11(25)5-21-10/h3-4,6,8-11,16,21H,1-2,5,7H2,(H,23,27)/t10-,11+/m1/s1. The highest BCUT2D eigenvalue weighted by Crippen LogP contribution is 2.31. The Morgan fingerprint density at radius 3 is 2.93 bits per heavy atom. The van der Waals surface area contributed by atoms with E-state index in [1.54, 1.807) is 18.3 Å². The minimum absolute atomic E-state index is 0.133. The van der Waals surface area contributed by atoms with Gasteiger partial charge in [-0.05, 0) is 25.0 Å². The Morgan fingerprint density at radius 1 is 1.32 bits per heavy atom. The Morgan fingerprint density at radius 2 is 2.21 bits per heavy atom. The lowest BCUT2D eigenvalue weighted by Crippen LogP contribution is -2.61. The van der Waals surface area contributed by atoms with E-state index < -0.39 is 12.3 Å². The lowest BCUT2D eigenvalue weighted by atomic mass is 9.93. The van der Waals surface area contributed by atoms with Crippen LogP contribution in [-0.4, -0.2) is 45.7 Å². The van der Waals surface area contributed by atoms with Crippen molar-refractivity contribution >= 4 is 34.4 Å². The van der Waals surface area contributed by atoms with E-state index in [4.69, 9.17) is 0 Å². The number of aromatic nitrogens is 3. The lowest BCUT2D eigenvalue weighted by Gasteiger charge is -2.45. The van der Waals surface area contributed by atoms with Crippen LogP contribution in [0.1, 0.15) is 35.3 Å². The Hall–Kier alpha value is -2.59. The Bertz CT molecular complexity index is 1030. The molecule has 0 aliphatic carbocycles. The van der Waals surface area contributed by atoms with Crippen molar-refractivity contribution in [2.24, 2.45) is 0 Å². The van der Waals surface area contributed by atoms with Crippen LogP contribution in [0.5, 0.6) is 0 Å². The van der Waals surface area contributed by atoms with Gasteiger partial charge in [-0.3, -0.25) is 4.79 Å². The number of amides is 1. The fraction of sp³-hybridized carbons (Fsp3) is 0.389. The van der Waals surface area contributed by atoms with Crippen LogP contribution in [-0.2, 0) is 0 Å². The van der Waals surface area contributed by atoms with Crippen molar-refractivity contribution in [2.45, 2.75) is 31.4 Å². The summed E-state index contributed by atoms with van der Waals surface area (Å²) >= 11 is 1.13. The minimum Gasteiger partial charge on any atom is -0.334 e. The minimum atomic E-state index is -2.64. The molecule has 7 nitrogen and oxygen atoms in total. The van der Waals surface area contributed by atoms with Gasteiger partial charge in [0.1, 0.15) is 5.69 Å². The SMILES string of the molecule is O=C(Nc1cscc1C(F)F)c1ccc2cnc(N3C[C@H]4CC[C@H]3CN4)nn12. The van der Waals surface area contributed by atoms with Gasteiger partial charge in [0, 0.05) is 35.9 Å². The maximum absolute atomic E-state index is 13.1. The number of nitrogens with zero attached hydrogens (tertiary/aromatic N) is 4. The number of halogens is 2. The van der Waals surface area contributed by atoms with Crippen LogP contribution in [0.2, 0.25) is 0 Å². The molecule has 10 heteroatoms. The van der Waals surface area contributed by atoms with Gasteiger partial charge in [-0.25, -0.2) is 18.3 Å². The highest BCUT2D eigenvalue weighted by atomic mass is 32.1. The van der Waals surface area contributed by atoms with Crippen LogP contribution < -0.4 is 15.5 Å². The maximum Gasteiger partial charge on any atom is 0.274 e. The van der Waals surface area contributed by atoms with E-state index in [1.165, 1.54) is 15.3 Å². The largest absolute Gasteiger partial charge is 0.334 e. The zero-order valence-corrected chi connectivity index (χ0v) is 15.6. The second kappa shape index (κ2) is 6.78. The number of carbonyl (C=O) groups excluding carboxylic acids is 1. The number of rotatable bonds is 4. The highest BCUT2D eigenvalue weighted by Gasteiger charge is 2.35. The van der Waals surface area contributed by atoms with Gasteiger partial charge < -0.3 is 15.5 Å². The predicted molar refractivity (Wildman–Crippen MR) is 102 cm³/mol. The van der Waals surface area contributed by atoms with Gasteiger partial charge in [-0.15, -0.1) is 16.4 Å². The number of hydrogen-bond donors (Lipinski definition) is 2. The van der Waals surface area contributed by atoms with Crippen molar-refractivity contribution in [3.63, 3.8) is 0 Å². The molecule has 3 aliphatic rings. The van der Waals surface area contributed by atoms with Crippen LogP contribution in [0.25, 0.3) is 5.52 Å². The second-order valence-electron chi connectivity index (χ2n) is 7.10. The highest BCUT2D eigenvalue weighted by molar-refractivity contribution is 7.08. The number of anilines is 2. The Balaban J connectivity index is 1.45. The summed E-state index contributed by atoms with van der Waals surface area (Å²) in [6, 6.07) is 4.14. The summed E-state index contributed by atoms with van der Waals surface area (Å²) in [6.07, 6.45) is 1.28. The number of fused-ring (bicyclic) bond motifs is 4. The normalized spacial score (nSPS) is 21.6. The molecule has 2 bridgehead atoms. The van der Waals surface area contributed by atoms with E-state index >= 15 is 0 Å². The van der Waals surface area contributed by atoms with E-state index in [1.807, 2.05) is 0 Å². The van der Waals surface area contributed by atoms with E-state index in [0.29, 0.717) is 23.5 Å². The number of carbonyl (C=O) groups is 1. The van der Waals surface area contributed by atoms with Crippen molar-refractivity contribution in [3.05, 3.63) is 40.3 Å². The molecular formula is C18H18F2N6OS. The van der Waals surface area contributed by atoms with Crippen LogP contribution in [0, 0.1) is 0 Å². The Kier molecular flexibility index (Phi) is 4.24. The molecule has 3 fully saturated rings. The molecule has 2 atom stereocenters. The second-order valence-corrected chi connectivity index (χ2v) is 7.84. The topological polar surface area (TPSA) is 74.6 Å². The van der Waals surface area contributed by atoms with Gasteiger partial charge in [0.05, 0.1) is 23.0 Å². The fourth-order valence-electron chi connectivity index (χ4n) is 3.91. The number of piperidine rings is 2. The number of alkyl halides is 2. The third-order valence-corrected chi connectivity index (χ3v) is 6.16. The van der Waals surface area contributed by atoms with Crippen LogP contribution in [0.15, 0.2) is 29.1 Å². The summed E-state index contributed by atoms with van der Waals surface area (Å²) in [5, 5.41) is 13.5. The molecule has 3 aromatic heterocycles. The first-order valence-electron chi connectivity index (χ1n) is 9.10. The van der Waals surface area contributed by atoms with Gasteiger partial charge >= 0.3 is 0 Å². The van der Waals surface area contributed by atoms with Crippen molar-refractivity contribution in [2.75, 3.05) is 23.3 Å². The molecule has 0 aromatic carbocycles. The van der Waals surface area contributed by atoms with E-state index in [2.05, 4.69) is 25.6 Å². The molecule has 3 aromatic rings. The third kappa shape index (κ3) is 2.92. The van der Waals surface area contributed by atoms with Crippen LogP contribution in [0.3, 0.4) is 0 Å². The molecule has 0 spiro atoms. The molecule has 146 valence electrons. The first-order chi connectivity index (χ1) is 13.6. The first kappa shape index (κ1) is 17.5. The molecular weight excluding hydrogens is 386 g/mol. The summed E-state index contributed by atoms with van der Waals surface area (Å²) in [5.74, 6) is 0.101. The van der Waals surface area contributed by atoms with Crippen molar-refractivity contribution < 1.29 is 13.6 Å². The quantitative estimate of drug-likeness (QED) is 0.700. The fourth-order valence-corrected chi connectivity index (χ4v) is 4.69. The summed E-state index contributed by atoms with van der Waals surface area (Å²) in [6.45, 7) is 1.74. The smallest absolute Gasteiger partial charge is 0.274 e. The predicted octanol–water partition coefficient (Wildman–Crippen LogP) is 2.92. The number of piperazine rings is 1. The van der Waals surface area contributed by atoms with Crippen molar-refractivity contribution in [1.82, 2.24) is 19.9 Å². The van der Waals surface area contributed by atoms with Gasteiger partial charge in [0.2, 0.25) is 5.95 Å². The molecule has 1 amide bonds. The first-order valence-corrected chi connectivity index (χ1v) is 10.0. The lowest BCUT2D eigenvalue weighted by molar-refractivity contribution is 0.102. The van der Waals surface area contributed by atoms with Gasteiger partial charge in [0.25, 0.3) is 12.3 Å². The van der Waals surface area contributed by atoms with E-state index in [9.17, 15) is 13.6 Å². The molecule has 2 N–H and O–H groups in total. The van der Waals surface area contributed by atoms with Crippen LogP contribution >= 0.6 is 11.3 Å². The van der Waals surface area contributed by atoms with Gasteiger partial charge in [0.15, 0.2) is 0 Å². The van der Waals surface area contributed by atoms with E-state index in [-0.39, 0.29) is 16.9 Å². The summed E-state index contributed by atoms with van der Waals surface area (Å²) < 4.78 is 27.6. The zero-order chi connectivity index (χ0) is 19.3. The summed E-state index contributed by atoms with van der Waals surface area (Å²) in [4.78, 5) is 19.4. The monoisotopic (exact) mass is 404 g/mol. The number of thiophene rings is 1. The molecule has 6 heterocycles. The number of hydrogen-bond acceptors (Lipinski definition) is 6. The molecule has 3 saturated heterocycles. The molecule has 0 unspecified atom stereocenters. The number of nitrogens with one attached hydrogen (secondary N) is 2. The molecule has 3 aliphatic heterocycles. The zero-order valence-electron chi connectivity index (χ0n) is 14.8. The summed E-state index contributed by atoms with van der Waals surface area (Å²) in [5.41, 5.74) is 0.916. The molecule has 28 heavy (non-hydrogen) atoms. The molecule has 6 rings (SSSR count). The van der Waals surface area contributed by atoms with Crippen molar-refractivity contribution in [1.29, 1.82) is 0 Å². The average molecular weight is 404 g/mol. The van der Waals surface area contributed by atoms with Crippen molar-refractivity contribution in [3.8, 4) is 0 Å². The van der Waals surface area contributed by atoms with Gasteiger partial charge in [-0.1, -0.05) is 0 Å². The van der Waals surface area contributed by atoms with Gasteiger partial charge in [-0.2, -0.15) is 0 Å².